The lowest BCUT2D eigenvalue weighted by atomic mass is 9.87. The summed E-state index contributed by atoms with van der Waals surface area (Å²) in [5, 5.41) is 2.97. The number of hydrogen-bond donors (Lipinski definition) is 1. The van der Waals surface area contributed by atoms with Crippen molar-refractivity contribution in [3.63, 3.8) is 0 Å². The molecule has 0 bridgehead atoms. The van der Waals surface area contributed by atoms with Crippen molar-refractivity contribution in [1.29, 1.82) is 0 Å². The molecule has 2 fully saturated rings. The number of benzene rings is 1. The lowest BCUT2D eigenvalue weighted by Crippen LogP contribution is -2.41. The Morgan fingerprint density at radius 1 is 1.21 bits per heavy atom. The van der Waals surface area contributed by atoms with Crippen LogP contribution in [0.5, 0.6) is 0 Å². The van der Waals surface area contributed by atoms with Gasteiger partial charge in [-0.25, -0.2) is 4.79 Å². The Hall–Kier alpha value is -2.04. The second kappa shape index (κ2) is 6.83. The Labute approximate surface area is 144 Å². The van der Waals surface area contributed by atoms with E-state index in [1.165, 1.54) is 11.1 Å². The first-order valence-corrected chi connectivity index (χ1v) is 8.88. The SMILES string of the molecule is CCCNC(=O)N1C[C@@H]2CN(C(C)=O)[C@H](c3ccccc3C)[C@@H]2C1. The van der Waals surface area contributed by atoms with E-state index in [0.29, 0.717) is 18.4 Å². The molecule has 0 spiro atoms. The minimum Gasteiger partial charge on any atom is -0.338 e. The lowest BCUT2D eigenvalue weighted by Gasteiger charge is -2.30. The fraction of sp³-hybridized carbons (Fsp3) is 0.579. The first-order valence-electron chi connectivity index (χ1n) is 8.88. The molecule has 1 aromatic carbocycles. The summed E-state index contributed by atoms with van der Waals surface area (Å²) in [5.41, 5.74) is 2.43. The average Bonchev–Trinajstić information content (AvgIpc) is 3.11. The van der Waals surface area contributed by atoms with E-state index in [1.54, 1.807) is 6.92 Å². The molecule has 1 N–H and O–H groups in total. The fourth-order valence-electron chi connectivity index (χ4n) is 4.20. The number of hydrogen-bond acceptors (Lipinski definition) is 2. The van der Waals surface area contributed by atoms with Crippen LogP contribution >= 0.6 is 0 Å². The van der Waals surface area contributed by atoms with Crippen molar-refractivity contribution < 1.29 is 9.59 Å². The van der Waals surface area contributed by atoms with Gasteiger partial charge in [0.1, 0.15) is 0 Å². The number of carbonyl (C=O) groups excluding carboxylic acids is 2. The Morgan fingerprint density at radius 3 is 2.62 bits per heavy atom. The standard InChI is InChI=1S/C19H27N3O2/c1-4-9-20-19(24)21-10-15-11-22(14(3)23)18(17(15)12-21)16-8-6-5-7-13(16)2/h5-8,15,17-18H,4,9-12H2,1-3H3,(H,20,24)/t15-,17-,18-/m1/s1. The maximum atomic E-state index is 12.3. The first kappa shape index (κ1) is 16.8. The molecule has 0 aromatic heterocycles. The van der Waals surface area contributed by atoms with Crippen molar-refractivity contribution in [2.45, 2.75) is 33.2 Å². The molecule has 3 atom stereocenters. The number of nitrogens with zero attached hydrogens (tertiary/aromatic N) is 2. The van der Waals surface area contributed by atoms with Gasteiger partial charge in [0.2, 0.25) is 5.91 Å². The zero-order valence-electron chi connectivity index (χ0n) is 14.8. The summed E-state index contributed by atoms with van der Waals surface area (Å²) < 4.78 is 0. The van der Waals surface area contributed by atoms with Gasteiger partial charge in [-0.1, -0.05) is 31.2 Å². The summed E-state index contributed by atoms with van der Waals surface area (Å²) in [6, 6.07) is 8.40. The van der Waals surface area contributed by atoms with Crippen molar-refractivity contribution in [2.75, 3.05) is 26.2 Å². The van der Waals surface area contributed by atoms with E-state index in [0.717, 1.165) is 26.1 Å². The smallest absolute Gasteiger partial charge is 0.317 e. The fourth-order valence-corrected chi connectivity index (χ4v) is 4.20. The van der Waals surface area contributed by atoms with Gasteiger partial charge in [0, 0.05) is 44.9 Å². The van der Waals surface area contributed by atoms with E-state index >= 15 is 0 Å². The second-order valence-corrected chi connectivity index (χ2v) is 7.03. The number of fused-ring (bicyclic) bond motifs is 1. The van der Waals surface area contributed by atoms with Crippen LogP contribution in [0.4, 0.5) is 4.79 Å². The van der Waals surface area contributed by atoms with Crippen LogP contribution in [0.3, 0.4) is 0 Å². The van der Waals surface area contributed by atoms with Gasteiger partial charge in [-0.05, 0) is 24.5 Å². The number of amides is 3. The molecular weight excluding hydrogens is 302 g/mol. The summed E-state index contributed by atoms with van der Waals surface area (Å²) in [6.07, 6.45) is 0.941. The van der Waals surface area contributed by atoms with Crippen molar-refractivity contribution in [2.24, 2.45) is 11.8 Å². The molecule has 0 aliphatic carbocycles. The Balaban J connectivity index is 1.82. The van der Waals surface area contributed by atoms with Crippen LogP contribution in [0.25, 0.3) is 0 Å². The summed E-state index contributed by atoms with van der Waals surface area (Å²) in [4.78, 5) is 28.4. The number of likely N-dealkylation sites (tertiary alicyclic amines) is 2. The molecule has 0 unspecified atom stereocenters. The minimum absolute atomic E-state index is 0.0316. The van der Waals surface area contributed by atoms with Crippen molar-refractivity contribution >= 4 is 11.9 Å². The maximum absolute atomic E-state index is 12.3. The zero-order chi connectivity index (χ0) is 17.3. The number of carbonyl (C=O) groups is 2. The maximum Gasteiger partial charge on any atom is 0.317 e. The van der Waals surface area contributed by atoms with E-state index in [2.05, 4.69) is 31.3 Å². The van der Waals surface area contributed by atoms with Crippen LogP contribution in [0.2, 0.25) is 0 Å². The molecule has 3 amide bonds. The molecule has 5 heteroatoms. The third kappa shape index (κ3) is 2.99. The average molecular weight is 329 g/mol. The topological polar surface area (TPSA) is 52.7 Å². The Kier molecular flexibility index (Phi) is 4.78. The molecule has 24 heavy (non-hydrogen) atoms. The van der Waals surface area contributed by atoms with Gasteiger partial charge in [0.05, 0.1) is 6.04 Å². The highest BCUT2D eigenvalue weighted by Gasteiger charge is 2.49. The molecule has 3 rings (SSSR count). The number of urea groups is 1. The molecule has 0 radical (unpaired) electrons. The Morgan fingerprint density at radius 2 is 1.96 bits per heavy atom. The van der Waals surface area contributed by atoms with Gasteiger partial charge >= 0.3 is 6.03 Å². The van der Waals surface area contributed by atoms with Gasteiger partial charge in [-0.2, -0.15) is 0 Å². The predicted molar refractivity (Wildman–Crippen MR) is 93.5 cm³/mol. The van der Waals surface area contributed by atoms with Crippen LogP contribution in [-0.4, -0.2) is 47.9 Å². The molecule has 2 aliphatic heterocycles. The van der Waals surface area contributed by atoms with Gasteiger partial charge in [0.25, 0.3) is 0 Å². The van der Waals surface area contributed by atoms with E-state index in [4.69, 9.17) is 0 Å². The number of rotatable bonds is 3. The van der Waals surface area contributed by atoms with Crippen LogP contribution in [0.15, 0.2) is 24.3 Å². The van der Waals surface area contributed by atoms with Crippen LogP contribution < -0.4 is 5.32 Å². The normalized spacial score (nSPS) is 25.7. The monoisotopic (exact) mass is 329 g/mol. The molecule has 5 nitrogen and oxygen atoms in total. The number of aryl methyl sites for hydroxylation is 1. The number of nitrogens with one attached hydrogen (secondary N) is 1. The Bertz CT molecular complexity index is 631. The summed E-state index contributed by atoms with van der Waals surface area (Å²) in [7, 11) is 0. The molecule has 130 valence electrons. The minimum atomic E-state index is 0.0316. The largest absolute Gasteiger partial charge is 0.338 e. The molecule has 2 saturated heterocycles. The quantitative estimate of drug-likeness (QED) is 0.926. The molecular formula is C19H27N3O2. The first-order chi connectivity index (χ1) is 11.5. The van der Waals surface area contributed by atoms with Crippen LogP contribution in [0.1, 0.15) is 37.4 Å². The summed E-state index contributed by atoms with van der Waals surface area (Å²) in [6.45, 7) is 8.73. The van der Waals surface area contributed by atoms with Gasteiger partial charge in [0.15, 0.2) is 0 Å². The molecule has 1 aromatic rings. The second-order valence-electron chi connectivity index (χ2n) is 7.03. The van der Waals surface area contributed by atoms with Crippen molar-refractivity contribution in [3.05, 3.63) is 35.4 Å². The van der Waals surface area contributed by atoms with Crippen molar-refractivity contribution in [3.8, 4) is 0 Å². The van der Waals surface area contributed by atoms with E-state index in [-0.39, 0.29) is 18.0 Å². The molecule has 2 heterocycles. The van der Waals surface area contributed by atoms with Gasteiger partial charge < -0.3 is 15.1 Å². The highest BCUT2D eigenvalue weighted by Crippen LogP contribution is 2.45. The summed E-state index contributed by atoms with van der Waals surface area (Å²) >= 11 is 0. The third-order valence-electron chi connectivity index (χ3n) is 5.39. The lowest BCUT2D eigenvalue weighted by molar-refractivity contribution is -0.130. The molecule has 0 saturated carbocycles. The van der Waals surface area contributed by atoms with Crippen LogP contribution in [0, 0.1) is 18.8 Å². The summed E-state index contributed by atoms with van der Waals surface area (Å²) in [5.74, 6) is 0.813. The highest BCUT2D eigenvalue weighted by molar-refractivity contribution is 5.76. The third-order valence-corrected chi connectivity index (χ3v) is 5.39. The van der Waals surface area contributed by atoms with E-state index < -0.39 is 0 Å². The zero-order valence-corrected chi connectivity index (χ0v) is 14.8. The van der Waals surface area contributed by atoms with Gasteiger partial charge in [-0.3, -0.25) is 4.79 Å². The van der Waals surface area contributed by atoms with Crippen molar-refractivity contribution in [1.82, 2.24) is 15.1 Å². The van der Waals surface area contributed by atoms with E-state index in [9.17, 15) is 9.59 Å². The molecule has 2 aliphatic rings. The van der Waals surface area contributed by atoms with Gasteiger partial charge in [-0.15, -0.1) is 0 Å². The predicted octanol–water partition coefficient (Wildman–Crippen LogP) is 2.57. The van der Waals surface area contributed by atoms with E-state index in [1.807, 2.05) is 21.9 Å². The highest BCUT2D eigenvalue weighted by atomic mass is 16.2. The van der Waals surface area contributed by atoms with Crippen LogP contribution in [-0.2, 0) is 4.79 Å².